The summed E-state index contributed by atoms with van der Waals surface area (Å²) in [7, 11) is 0.494. The monoisotopic (exact) mass is 288 g/mol. The summed E-state index contributed by atoms with van der Waals surface area (Å²) in [4.78, 5) is 12.7. The average Bonchev–Trinajstić information content (AvgIpc) is 2.31. The first-order chi connectivity index (χ1) is 8.66. The zero-order valence-electron chi connectivity index (χ0n) is 11.3. The normalized spacial score (nSPS) is 11.7. The van der Waals surface area contributed by atoms with Gasteiger partial charge in [0.1, 0.15) is 5.82 Å². The predicted molar refractivity (Wildman–Crippen MR) is 69.6 cm³/mol. The van der Waals surface area contributed by atoms with Crippen LogP contribution in [-0.4, -0.2) is 51.2 Å². The summed E-state index contributed by atoms with van der Waals surface area (Å²) in [5, 5.41) is 0. The Labute approximate surface area is 112 Å². The van der Waals surface area contributed by atoms with Crippen LogP contribution in [0.15, 0.2) is 23.1 Å². The molecule has 0 saturated carbocycles. The van der Waals surface area contributed by atoms with Crippen LogP contribution in [0.25, 0.3) is 0 Å². The maximum absolute atomic E-state index is 13.2. The quantitative estimate of drug-likeness (QED) is 0.825. The molecule has 5 nitrogen and oxygen atoms in total. The third-order valence-electron chi connectivity index (χ3n) is 2.70. The van der Waals surface area contributed by atoms with E-state index in [0.717, 1.165) is 10.4 Å². The summed E-state index contributed by atoms with van der Waals surface area (Å²) in [5.74, 6) is -0.975. The van der Waals surface area contributed by atoms with Gasteiger partial charge in [-0.1, -0.05) is 6.07 Å². The van der Waals surface area contributed by atoms with Crippen LogP contribution in [0.3, 0.4) is 0 Å². The van der Waals surface area contributed by atoms with Crippen molar-refractivity contribution in [2.75, 3.05) is 27.7 Å². The number of hydrogen-bond acceptors (Lipinski definition) is 3. The molecule has 0 spiro atoms. The van der Waals surface area contributed by atoms with E-state index in [1.807, 2.05) is 0 Å². The zero-order valence-corrected chi connectivity index (χ0v) is 12.2. The summed E-state index contributed by atoms with van der Waals surface area (Å²) in [6, 6.07) is 3.55. The molecule has 0 aliphatic carbocycles. The lowest BCUT2D eigenvalue weighted by Gasteiger charge is -2.20. The molecule has 1 rings (SSSR count). The summed E-state index contributed by atoms with van der Waals surface area (Å²) in [6.45, 7) is 1.29. The van der Waals surface area contributed by atoms with E-state index in [0.29, 0.717) is 5.56 Å². The molecule has 1 aromatic rings. The van der Waals surface area contributed by atoms with E-state index in [9.17, 15) is 17.6 Å². The van der Waals surface area contributed by atoms with Gasteiger partial charge in [-0.05, 0) is 24.6 Å². The standard InChI is InChI=1S/C12H17FN2O3S/c1-9-5-6-10(13)7-11(9)19(17,18)15(4)8-12(16)14(2)3/h5-7H,8H2,1-4H3. The molecule has 0 unspecified atom stereocenters. The largest absolute Gasteiger partial charge is 0.348 e. The second-order valence-corrected chi connectivity index (χ2v) is 6.47. The molecule has 19 heavy (non-hydrogen) atoms. The molecule has 106 valence electrons. The van der Waals surface area contributed by atoms with Gasteiger partial charge in [0.25, 0.3) is 0 Å². The minimum absolute atomic E-state index is 0.124. The molecule has 1 aromatic carbocycles. The van der Waals surface area contributed by atoms with Crippen LogP contribution in [-0.2, 0) is 14.8 Å². The van der Waals surface area contributed by atoms with E-state index in [4.69, 9.17) is 0 Å². The molecule has 0 saturated heterocycles. The minimum atomic E-state index is -3.87. The fraction of sp³-hybridized carbons (Fsp3) is 0.417. The lowest BCUT2D eigenvalue weighted by Crippen LogP contribution is -2.38. The van der Waals surface area contributed by atoms with Crippen molar-refractivity contribution in [2.45, 2.75) is 11.8 Å². The molecular weight excluding hydrogens is 271 g/mol. The Hall–Kier alpha value is -1.47. The van der Waals surface area contributed by atoms with E-state index in [-0.39, 0.29) is 17.3 Å². The van der Waals surface area contributed by atoms with Gasteiger partial charge in [0.05, 0.1) is 11.4 Å². The minimum Gasteiger partial charge on any atom is -0.348 e. The number of carbonyl (C=O) groups is 1. The molecular formula is C12H17FN2O3S. The molecule has 0 aliphatic rings. The van der Waals surface area contributed by atoms with Gasteiger partial charge >= 0.3 is 0 Å². The van der Waals surface area contributed by atoms with Gasteiger partial charge in [-0.3, -0.25) is 4.79 Å². The molecule has 0 radical (unpaired) electrons. The topological polar surface area (TPSA) is 57.7 Å². The van der Waals surface area contributed by atoms with Gasteiger partial charge in [-0.15, -0.1) is 0 Å². The maximum Gasteiger partial charge on any atom is 0.243 e. The Kier molecular flexibility index (Phi) is 4.65. The first kappa shape index (κ1) is 15.6. The van der Waals surface area contributed by atoms with Crippen LogP contribution < -0.4 is 0 Å². The molecule has 0 fully saturated rings. The fourth-order valence-corrected chi connectivity index (χ4v) is 2.79. The highest BCUT2D eigenvalue weighted by Crippen LogP contribution is 2.19. The number of benzene rings is 1. The maximum atomic E-state index is 13.2. The fourth-order valence-electron chi connectivity index (χ4n) is 1.44. The average molecular weight is 288 g/mol. The molecule has 0 heterocycles. The van der Waals surface area contributed by atoms with E-state index in [2.05, 4.69) is 0 Å². The molecule has 0 bridgehead atoms. The van der Waals surface area contributed by atoms with Crippen molar-refractivity contribution >= 4 is 15.9 Å². The van der Waals surface area contributed by atoms with Gasteiger partial charge in [0, 0.05) is 21.1 Å². The van der Waals surface area contributed by atoms with Crippen molar-refractivity contribution in [1.29, 1.82) is 0 Å². The number of halogens is 1. The third kappa shape index (κ3) is 3.51. The third-order valence-corrected chi connectivity index (χ3v) is 4.64. The van der Waals surface area contributed by atoms with Crippen molar-refractivity contribution in [2.24, 2.45) is 0 Å². The summed E-state index contributed by atoms with van der Waals surface area (Å²) < 4.78 is 38.6. The highest BCUT2D eigenvalue weighted by molar-refractivity contribution is 7.89. The lowest BCUT2D eigenvalue weighted by molar-refractivity contribution is -0.128. The smallest absolute Gasteiger partial charge is 0.243 e. The number of sulfonamides is 1. The summed E-state index contributed by atoms with van der Waals surface area (Å²) in [6.07, 6.45) is 0. The molecule has 0 N–H and O–H groups in total. The molecule has 0 aliphatic heterocycles. The predicted octanol–water partition coefficient (Wildman–Crippen LogP) is 0.843. The summed E-state index contributed by atoms with van der Waals surface area (Å²) >= 11 is 0. The van der Waals surface area contributed by atoms with Gasteiger partial charge in [0.2, 0.25) is 15.9 Å². The van der Waals surface area contributed by atoms with Crippen LogP contribution in [0.2, 0.25) is 0 Å². The van der Waals surface area contributed by atoms with Crippen molar-refractivity contribution in [3.05, 3.63) is 29.6 Å². The van der Waals surface area contributed by atoms with Crippen LogP contribution in [0.1, 0.15) is 5.56 Å². The van der Waals surface area contributed by atoms with E-state index in [1.54, 1.807) is 6.92 Å². The van der Waals surface area contributed by atoms with Crippen LogP contribution >= 0.6 is 0 Å². The lowest BCUT2D eigenvalue weighted by atomic mass is 10.2. The van der Waals surface area contributed by atoms with E-state index in [1.165, 1.54) is 38.2 Å². The number of likely N-dealkylation sites (N-methyl/N-ethyl adjacent to an activating group) is 2. The second kappa shape index (κ2) is 5.66. The number of carbonyl (C=O) groups excluding carboxylic acids is 1. The van der Waals surface area contributed by atoms with Gasteiger partial charge in [-0.2, -0.15) is 4.31 Å². The van der Waals surface area contributed by atoms with Crippen LogP contribution in [0.5, 0.6) is 0 Å². The Bertz CT molecular complexity index is 585. The second-order valence-electron chi connectivity index (χ2n) is 4.46. The van der Waals surface area contributed by atoms with Crippen LogP contribution in [0.4, 0.5) is 4.39 Å². The van der Waals surface area contributed by atoms with Crippen molar-refractivity contribution in [1.82, 2.24) is 9.21 Å². The highest BCUT2D eigenvalue weighted by atomic mass is 32.2. The number of rotatable bonds is 4. The molecule has 1 amide bonds. The Balaban J connectivity index is 3.10. The Morgan fingerprint density at radius 2 is 1.84 bits per heavy atom. The van der Waals surface area contributed by atoms with E-state index >= 15 is 0 Å². The SMILES string of the molecule is Cc1ccc(F)cc1S(=O)(=O)N(C)CC(=O)N(C)C. The first-order valence-corrected chi connectivity index (χ1v) is 7.03. The molecule has 0 atom stereocenters. The number of nitrogens with zero attached hydrogens (tertiary/aromatic N) is 2. The van der Waals surface area contributed by atoms with Crippen molar-refractivity contribution in [3.63, 3.8) is 0 Å². The summed E-state index contributed by atoms with van der Waals surface area (Å²) in [5.41, 5.74) is 0.436. The number of aryl methyl sites for hydroxylation is 1. The molecule has 7 heteroatoms. The van der Waals surface area contributed by atoms with E-state index < -0.39 is 15.8 Å². The zero-order chi connectivity index (χ0) is 14.8. The number of hydrogen-bond donors (Lipinski definition) is 0. The van der Waals surface area contributed by atoms with Crippen LogP contribution in [0, 0.1) is 12.7 Å². The van der Waals surface area contributed by atoms with Gasteiger partial charge in [-0.25, -0.2) is 12.8 Å². The van der Waals surface area contributed by atoms with Crippen molar-refractivity contribution in [3.8, 4) is 0 Å². The molecule has 0 aromatic heterocycles. The van der Waals surface area contributed by atoms with Crippen molar-refractivity contribution < 1.29 is 17.6 Å². The van der Waals surface area contributed by atoms with Gasteiger partial charge < -0.3 is 4.90 Å². The Morgan fingerprint density at radius 3 is 2.37 bits per heavy atom. The Morgan fingerprint density at radius 1 is 1.26 bits per heavy atom. The van der Waals surface area contributed by atoms with Gasteiger partial charge in [0.15, 0.2) is 0 Å². The first-order valence-electron chi connectivity index (χ1n) is 5.59. The highest BCUT2D eigenvalue weighted by Gasteiger charge is 2.25. The number of amides is 1.